The van der Waals surface area contributed by atoms with E-state index in [0.717, 1.165) is 11.3 Å². The Morgan fingerprint density at radius 3 is 2.40 bits per heavy atom. The van der Waals surface area contributed by atoms with E-state index < -0.39 is 5.97 Å². The second kappa shape index (κ2) is 7.53. The predicted octanol–water partition coefficient (Wildman–Crippen LogP) is 3.40. The van der Waals surface area contributed by atoms with Crippen LogP contribution < -0.4 is 4.74 Å². The molecule has 0 unspecified atom stereocenters. The summed E-state index contributed by atoms with van der Waals surface area (Å²) in [7, 11) is 0. The molecule has 0 saturated carbocycles. The minimum Gasteiger partial charge on any atom is -0.423 e. The van der Waals surface area contributed by atoms with Crippen LogP contribution in [0.5, 0.6) is 5.75 Å². The summed E-state index contributed by atoms with van der Waals surface area (Å²) >= 11 is 0. The van der Waals surface area contributed by atoms with Gasteiger partial charge < -0.3 is 4.74 Å². The Morgan fingerprint density at radius 2 is 1.80 bits per heavy atom. The van der Waals surface area contributed by atoms with Gasteiger partial charge in [-0.3, -0.25) is 0 Å². The molecule has 0 bridgehead atoms. The van der Waals surface area contributed by atoms with Crippen molar-refractivity contribution in [1.29, 1.82) is 0 Å². The monoisotopic (exact) mass is 334 g/mol. The minimum atomic E-state index is -0.428. The van der Waals surface area contributed by atoms with Crippen molar-refractivity contribution in [3.63, 3.8) is 0 Å². The molecular weight excluding hydrogens is 316 g/mol. The average Bonchev–Trinajstić information content (AvgIpc) is 3.15. The minimum absolute atomic E-state index is 0.428. The van der Waals surface area contributed by atoms with E-state index in [0.29, 0.717) is 11.7 Å². The summed E-state index contributed by atoms with van der Waals surface area (Å²) in [6, 6.07) is 15.0. The van der Waals surface area contributed by atoms with E-state index in [9.17, 15) is 4.79 Å². The van der Waals surface area contributed by atoms with Gasteiger partial charge in [-0.15, -0.1) is 5.10 Å². The fraction of sp³-hybridized carbons (Fsp3) is 0.158. The molecule has 0 amide bonds. The number of benzene rings is 2. The van der Waals surface area contributed by atoms with E-state index in [-0.39, 0.29) is 0 Å². The molecule has 3 aromatic rings. The molecule has 1 aromatic heterocycles. The molecule has 0 spiro atoms. The zero-order chi connectivity index (χ0) is 17.6. The first-order chi connectivity index (χ1) is 12.1. The van der Waals surface area contributed by atoms with Crippen molar-refractivity contribution in [2.24, 2.45) is 0 Å². The highest BCUT2D eigenvalue weighted by atomic mass is 16.5. The largest absolute Gasteiger partial charge is 0.423 e. The number of tetrazole rings is 1. The number of rotatable bonds is 5. The van der Waals surface area contributed by atoms with Crippen molar-refractivity contribution < 1.29 is 9.53 Å². The van der Waals surface area contributed by atoms with Gasteiger partial charge in [0.15, 0.2) is 0 Å². The highest BCUT2D eigenvalue weighted by Crippen LogP contribution is 2.16. The van der Waals surface area contributed by atoms with Crippen LogP contribution in [0.3, 0.4) is 0 Å². The zero-order valence-corrected chi connectivity index (χ0v) is 14.0. The first kappa shape index (κ1) is 16.6. The third-order valence-corrected chi connectivity index (χ3v) is 3.68. The number of carbonyl (C=O) groups excluding carboxylic acids is 1. The predicted molar refractivity (Wildman–Crippen MR) is 94.4 cm³/mol. The molecule has 25 heavy (non-hydrogen) atoms. The van der Waals surface area contributed by atoms with Crippen LogP contribution in [0.4, 0.5) is 0 Å². The van der Waals surface area contributed by atoms with Crippen molar-refractivity contribution in [2.45, 2.75) is 19.8 Å². The van der Waals surface area contributed by atoms with Gasteiger partial charge in [0.1, 0.15) is 12.1 Å². The van der Waals surface area contributed by atoms with Gasteiger partial charge in [-0.05, 0) is 57.8 Å². The average molecular weight is 334 g/mol. The van der Waals surface area contributed by atoms with Gasteiger partial charge in [0, 0.05) is 6.08 Å². The van der Waals surface area contributed by atoms with Gasteiger partial charge >= 0.3 is 5.97 Å². The number of hydrogen-bond acceptors (Lipinski definition) is 5. The lowest BCUT2D eigenvalue weighted by molar-refractivity contribution is -0.128. The van der Waals surface area contributed by atoms with Gasteiger partial charge in [0.05, 0.1) is 5.69 Å². The SMILES string of the molecule is CC(C)c1ccc(/C=C/C(=O)Oc2ccc(-n3cnnn3)cc2)cc1. The first-order valence-corrected chi connectivity index (χ1v) is 7.95. The molecule has 0 radical (unpaired) electrons. The molecule has 0 aliphatic carbocycles. The Balaban J connectivity index is 1.60. The lowest BCUT2D eigenvalue weighted by Gasteiger charge is -2.05. The number of hydrogen-bond donors (Lipinski definition) is 0. The highest BCUT2D eigenvalue weighted by Gasteiger charge is 2.03. The molecule has 0 aliphatic rings. The van der Waals surface area contributed by atoms with Gasteiger partial charge in [0.25, 0.3) is 0 Å². The van der Waals surface area contributed by atoms with Crippen LogP contribution in [-0.2, 0) is 4.79 Å². The van der Waals surface area contributed by atoms with E-state index in [1.54, 1.807) is 30.3 Å². The number of nitrogens with zero attached hydrogens (tertiary/aromatic N) is 4. The van der Waals surface area contributed by atoms with Gasteiger partial charge in [0.2, 0.25) is 0 Å². The Hall–Kier alpha value is -3.28. The van der Waals surface area contributed by atoms with Crippen LogP contribution in [0.2, 0.25) is 0 Å². The maximum atomic E-state index is 11.9. The molecule has 6 nitrogen and oxygen atoms in total. The maximum Gasteiger partial charge on any atom is 0.336 e. The fourth-order valence-corrected chi connectivity index (χ4v) is 2.25. The second-order valence-electron chi connectivity index (χ2n) is 5.82. The second-order valence-corrected chi connectivity index (χ2v) is 5.82. The van der Waals surface area contributed by atoms with Crippen LogP contribution >= 0.6 is 0 Å². The summed E-state index contributed by atoms with van der Waals surface area (Å²) in [4.78, 5) is 11.9. The molecular formula is C19H18N4O2. The van der Waals surface area contributed by atoms with Crippen LogP contribution in [0, 0.1) is 0 Å². The lowest BCUT2D eigenvalue weighted by atomic mass is 10.0. The molecule has 126 valence electrons. The number of esters is 1. The summed E-state index contributed by atoms with van der Waals surface area (Å²) in [6.45, 7) is 4.29. The van der Waals surface area contributed by atoms with Crippen molar-refractivity contribution in [2.75, 3.05) is 0 Å². The van der Waals surface area contributed by atoms with Crippen LogP contribution in [0.15, 0.2) is 60.9 Å². The Labute approximate surface area is 145 Å². The van der Waals surface area contributed by atoms with E-state index >= 15 is 0 Å². The Morgan fingerprint density at radius 1 is 1.08 bits per heavy atom. The van der Waals surface area contributed by atoms with Crippen LogP contribution in [-0.4, -0.2) is 26.2 Å². The fourth-order valence-electron chi connectivity index (χ4n) is 2.25. The Kier molecular flexibility index (Phi) is 4.99. The summed E-state index contributed by atoms with van der Waals surface area (Å²) in [5.74, 6) is 0.518. The standard InChI is InChI=1S/C19H18N4O2/c1-14(2)16-6-3-15(4-7-16)5-12-19(24)25-18-10-8-17(9-11-18)23-13-20-21-22-23/h3-14H,1-2H3/b12-5+. The van der Waals surface area contributed by atoms with Crippen LogP contribution in [0.25, 0.3) is 11.8 Å². The van der Waals surface area contributed by atoms with Crippen molar-refractivity contribution in [3.05, 3.63) is 72.1 Å². The molecule has 0 saturated heterocycles. The lowest BCUT2D eigenvalue weighted by Crippen LogP contribution is -2.04. The van der Waals surface area contributed by atoms with E-state index in [4.69, 9.17) is 4.74 Å². The molecule has 0 fully saturated rings. The molecule has 0 atom stereocenters. The molecule has 0 N–H and O–H groups in total. The normalized spacial score (nSPS) is 11.2. The van der Waals surface area contributed by atoms with E-state index in [1.165, 1.54) is 22.6 Å². The number of carbonyl (C=O) groups is 1. The van der Waals surface area contributed by atoms with E-state index in [1.807, 2.05) is 12.1 Å². The molecule has 0 aliphatic heterocycles. The number of aromatic nitrogens is 4. The topological polar surface area (TPSA) is 69.9 Å². The van der Waals surface area contributed by atoms with Gasteiger partial charge in [-0.25, -0.2) is 9.48 Å². The summed E-state index contributed by atoms with van der Waals surface area (Å²) < 4.78 is 6.80. The van der Waals surface area contributed by atoms with Crippen molar-refractivity contribution >= 4 is 12.0 Å². The highest BCUT2D eigenvalue weighted by molar-refractivity contribution is 5.88. The van der Waals surface area contributed by atoms with Crippen molar-refractivity contribution in [1.82, 2.24) is 20.2 Å². The molecule has 3 rings (SSSR count). The van der Waals surface area contributed by atoms with Gasteiger partial charge in [-0.2, -0.15) is 0 Å². The summed E-state index contributed by atoms with van der Waals surface area (Å²) in [5, 5.41) is 10.9. The van der Waals surface area contributed by atoms with Crippen molar-refractivity contribution in [3.8, 4) is 11.4 Å². The third kappa shape index (κ3) is 4.38. The molecule has 1 heterocycles. The first-order valence-electron chi connectivity index (χ1n) is 7.95. The molecule has 6 heteroatoms. The van der Waals surface area contributed by atoms with Gasteiger partial charge in [-0.1, -0.05) is 38.1 Å². The number of ether oxygens (including phenoxy) is 1. The molecule has 2 aromatic carbocycles. The maximum absolute atomic E-state index is 11.9. The summed E-state index contributed by atoms with van der Waals surface area (Å²) in [6.07, 6.45) is 4.65. The van der Waals surface area contributed by atoms with Crippen LogP contribution in [0.1, 0.15) is 30.9 Å². The summed E-state index contributed by atoms with van der Waals surface area (Å²) in [5.41, 5.74) is 3.00. The van der Waals surface area contributed by atoms with E-state index in [2.05, 4.69) is 41.5 Å². The Bertz CT molecular complexity index is 851. The third-order valence-electron chi connectivity index (χ3n) is 3.68. The smallest absolute Gasteiger partial charge is 0.336 e. The quantitative estimate of drug-likeness (QED) is 0.406. The zero-order valence-electron chi connectivity index (χ0n) is 14.0.